The van der Waals surface area contributed by atoms with Crippen LogP contribution in [0.15, 0.2) is 30.4 Å². The van der Waals surface area contributed by atoms with Crippen molar-refractivity contribution in [3.8, 4) is 11.5 Å². The average molecular weight is 289 g/mol. The molecule has 1 atom stereocenters. The van der Waals surface area contributed by atoms with Gasteiger partial charge in [-0.15, -0.1) is 0 Å². The lowest BCUT2D eigenvalue weighted by atomic mass is 10.1. The van der Waals surface area contributed by atoms with Crippen LogP contribution in [-0.2, 0) is 16.0 Å². The van der Waals surface area contributed by atoms with Gasteiger partial charge in [-0.3, -0.25) is 4.79 Å². The summed E-state index contributed by atoms with van der Waals surface area (Å²) in [6.45, 7) is 0.578. The minimum absolute atomic E-state index is 0.162. The Hall–Kier alpha value is -2.50. The molecular formula is C15H15NO5. The number of hydrogen-bond acceptors (Lipinski definition) is 4. The summed E-state index contributed by atoms with van der Waals surface area (Å²) in [5.41, 5.74) is 0.964. The molecule has 0 bridgehead atoms. The third-order valence-electron chi connectivity index (χ3n) is 3.59. The van der Waals surface area contributed by atoms with Gasteiger partial charge in [0.1, 0.15) is 6.04 Å². The summed E-state index contributed by atoms with van der Waals surface area (Å²) < 4.78 is 10.5. The number of hydrogen-bond donors (Lipinski definition) is 1. The van der Waals surface area contributed by atoms with E-state index in [4.69, 9.17) is 14.6 Å². The standard InChI is InChI=1S/C15H15NO5/c17-14(16-7-1-2-11(16)15(18)19)6-4-10-3-5-12-13(8-10)21-9-20-12/h1-3,5,8,11H,4,6-7,9H2,(H,18,19)/t11-/m1/s1. The molecule has 2 aliphatic rings. The Balaban J connectivity index is 1.60. The van der Waals surface area contributed by atoms with Crippen molar-refractivity contribution < 1.29 is 24.2 Å². The summed E-state index contributed by atoms with van der Waals surface area (Å²) in [6.07, 6.45) is 4.06. The van der Waals surface area contributed by atoms with E-state index in [-0.39, 0.29) is 19.1 Å². The van der Waals surface area contributed by atoms with Gasteiger partial charge in [0.25, 0.3) is 0 Å². The van der Waals surface area contributed by atoms with E-state index < -0.39 is 12.0 Å². The molecule has 0 saturated heterocycles. The van der Waals surface area contributed by atoms with E-state index in [0.717, 1.165) is 5.56 Å². The van der Waals surface area contributed by atoms with E-state index in [2.05, 4.69) is 0 Å². The summed E-state index contributed by atoms with van der Waals surface area (Å²) in [4.78, 5) is 24.5. The lowest BCUT2D eigenvalue weighted by Crippen LogP contribution is -2.40. The Morgan fingerprint density at radius 3 is 2.90 bits per heavy atom. The number of nitrogens with zero attached hydrogens (tertiary/aromatic N) is 1. The van der Waals surface area contributed by atoms with Crippen LogP contribution >= 0.6 is 0 Å². The van der Waals surface area contributed by atoms with Crippen LogP contribution in [0, 0.1) is 0 Å². The Labute approximate surface area is 121 Å². The molecule has 1 aromatic carbocycles. The topological polar surface area (TPSA) is 76.1 Å². The minimum atomic E-state index is -1.000. The van der Waals surface area contributed by atoms with Crippen LogP contribution in [-0.4, -0.2) is 41.3 Å². The van der Waals surface area contributed by atoms with Crippen molar-refractivity contribution >= 4 is 11.9 Å². The Bertz CT molecular complexity index is 610. The van der Waals surface area contributed by atoms with Gasteiger partial charge >= 0.3 is 5.97 Å². The van der Waals surface area contributed by atoms with E-state index in [1.807, 2.05) is 18.2 Å². The fourth-order valence-corrected chi connectivity index (χ4v) is 2.48. The fraction of sp³-hybridized carbons (Fsp3) is 0.333. The first-order valence-electron chi connectivity index (χ1n) is 6.72. The molecule has 0 aromatic heterocycles. The second kappa shape index (κ2) is 5.47. The number of aliphatic carboxylic acids is 1. The summed E-state index contributed by atoms with van der Waals surface area (Å²) in [6, 6.07) is 4.72. The molecule has 6 nitrogen and oxygen atoms in total. The highest BCUT2D eigenvalue weighted by molar-refractivity contribution is 5.86. The number of carbonyl (C=O) groups excluding carboxylic acids is 1. The monoisotopic (exact) mass is 289 g/mol. The number of carboxylic acids is 1. The highest BCUT2D eigenvalue weighted by atomic mass is 16.7. The van der Waals surface area contributed by atoms with Crippen molar-refractivity contribution in [1.82, 2.24) is 4.90 Å². The van der Waals surface area contributed by atoms with Gasteiger partial charge in [-0.05, 0) is 24.1 Å². The molecule has 0 saturated carbocycles. The van der Waals surface area contributed by atoms with Crippen molar-refractivity contribution in [2.75, 3.05) is 13.3 Å². The van der Waals surface area contributed by atoms with Crippen molar-refractivity contribution in [3.63, 3.8) is 0 Å². The summed E-state index contributed by atoms with van der Waals surface area (Å²) >= 11 is 0. The number of fused-ring (bicyclic) bond motifs is 1. The zero-order valence-corrected chi connectivity index (χ0v) is 11.3. The quantitative estimate of drug-likeness (QED) is 0.843. The molecule has 1 amide bonds. The third kappa shape index (κ3) is 2.69. The fourth-order valence-electron chi connectivity index (χ4n) is 2.48. The van der Waals surface area contributed by atoms with Crippen molar-refractivity contribution in [3.05, 3.63) is 35.9 Å². The number of aryl methyl sites for hydroxylation is 1. The first-order chi connectivity index (χ1) is 10.1. The van der Waals surface area contributed by atoms with Gasteiger partial charge in [0.2, 0.25) is 12.7 Å². The van der Waals surface area contributed by atoms with Crippen LogP contribution in [0.25, 0.3) is 0 Å². The number of rotatable bonds is 4. The highest BCUT2D eigenvalue weighted by Gasteiger charge is 2.29. The van der Waals surface area contributed by atoms with Gasteiger partial charge < -0.3 is 19.5 Å². The Kier molecular flexibility index (Phi) is 3.51. The molecule has 0 aliphatic carbocycles. The van der Waals surface area contributed by atoms with E-state index in [0.29, 0.717) is 24.5 Å². The molecule has 0 radical (unpaired) electrons. The highest BCUT2D eigenvalue weighted by Crippen LogP contribution is 2.32. The molecule has 1 aromatic rings. The van der Waals surface area contributed by atoms with E-state index in [9.17, 15) is 9.59 Å². The number of ether oxygens (including phenoxy) is 2. The second-order valence-corrected chi connectivity index (χ2v) is 4.94. The molecule has 0 unspecified atom stereocenters. The molecule has 1 N–H and O–H groups in total. The van der Waals surface area contributed by atoms with Crippen molar-refractivity contribution in [2.45, 2.75) is 18.9 Å². The second-order valence-electron chi connectivity index (χ2n) is 4.94. The van der Waals surface area contributed by atoms with Crippen LogP contribution in [0.1, 0.15) is 12.0 Å². The van der Waals surface area contributed by atoms with Crippen molar-refractivity contribution in [2.24, 2.45) is 0 Å². The first kappa shape index (κ1) is 13.5. The molecule has 110 valence electrons. The van der Waals surface area contributed by atoms with Gasteiger partial charge in [0.15, 0.2) is 11.5 Å². The first-order valence-corrected chi connectivity index (χ1v) is 6.72. The number of carbonyl (C=O) groups is 2. The van der Waals surface area contributed by atoms with Crippen LogP contribution in [0.2, 0.25) is 0 Å². The maximum Gasteiger partial charge on any atom is 0.330 e. The van der Waals surface area contributed by atoms with Gasteiger partial charge in [0.05, 0.1) is 0 Å². The molecule has 3 rings (SSSR count). The maximum absolute atomic E-state index is 12.1. The summed E-state index contributed by atoms with van der Waals surface area (Å²) in [5.74, 6) is 0.233. The predicted molar refractivity (Wildman–Crippen MR) is 73.2 cm³/mol. The number of amides is 1. The third-order valence-corrected chi connectivity index (χ3v) is 3.59. The molecule has 0 fully saturated rings. The summed E-state index contributed by atoms with van der Waals surface area (Å²) in [7, 11) is 0. The van der Waals surface area contributed by atoms with Gasteiger partial charge in [0, 0.05) is 13.0 Å². The van der Waals surface area contributed by atoms with Gasteiger partial charge in [-0.1, -0.05) is 18.2 Å². The Morgan fingerprint density at radius 1 is 1.29 bits per heavy atom. The SMILES string of the molecule is O=C(O)[C@H]1C=CCN1C(=O)CCc1ccc2c(c1)OCO2. The molecule has 0 spiro atoms. The van der Waals surface area contributed by atoms with Crippen LogP contribution < -0.4 is 9.47 Å². The van der Waals surface area contributed by atoms with Crippen molar-refractivity contribution in [1.29, 1.82) is 0 Å². The van der Waals surface area contributed by atoms with Gasteiger partial charge in [-0.2, -0.15) is 0 Å². The number of benzene rings is 1. The zero-order chi connectivity index (χ0) is 14.8. The molecule has 6 heteroatoms. The summed E-state index contributed by atoms with van der Waals surface area (Å²) in [5, 5.41) is 9.05. The normalized spacial score (nSPS) is 19.0. The largest absolute Gasteiger partial charge is 0.479 e. The van der Waals surface area contributed by atoms with Crippen LogP contribution in [0.4, 0.5) is 0 Å². The lowest BCUT2D eigenvalue weighted by Gasteiger charge is -2.21. The van der Waals surface area contributed by atoms with E-state index in [1.54, 1.807) is 12.2 Å². The smallest absolute Gasteiger partial charge is 0.330 e. The maximum atomic E-state index is 12.1. The zero-order valence-electron chi connectivity index (χ0n) is 11.3. The van der Waals surface area contributed by atoms with E-state index in [1.165, 1.54) is 4.90 Å². The number of carboxylic acid groups (broad SMARTS) is 1. The molecular weight excluding hydrogens is 274 g/mol. The van der Waals surface area contributed by atoms with Gasteiger partial charge in [-0.25, -0.2) is 4.79 Å². The minimum Gasteiger partial charge on any atom is -0.479 e. The van der Waals surface area contributed by atoms with Crippen LogP contribution in [0.5, 0.6) is 11.5 Å². The van der Waals surface area contributed by atoms with Crippen LogP contribution in [0.3, 0.4) is 0 Å². The average Bonchev–Trinajstić information content (AvgIpc) is 3.12. The van der Waals surface area contributed by atoms with E-state index >= 15 is 0 Å². The molecule has 2 aliphatic heterocycles. The lowest BCUT2D eigenvalue weighted by molar-refractivity contribution is -0.146. The Morgan fingerprint density at radius 2 is 2.10 bits per heavy atom. The molecule has 2 heterocycles. The predicted octanol–water partition coefficient (Wildman–Crippen LogP) is 1.20. The molecule has 21 heavy (non-hydrogen) atoms.